The van der Waals surface area contributed by atoms with Gasteiger partial charge in [0.15, 0.2) is 0 Å². The third-order valence-corrected chi connectivity index (χ3v) is 6.12. The van der Waals surface area contributed by atoms with Gasteiger partial charge < -0.3 is 20.4 Å². The van der Waals surface area contributed by atoms with E-state index in [-0.39, 0.29) is 12.0 Å². The van der Waals surface area contributed by atoms with E-state index in [0.29, 0.717) is 48.8 Å². The molecule has 1 aliphatic rings. The molecule has 1 fully saturated rings. The lowest BCUT2D eigenvalue weighted by molar-refractivity contribution is -0.137. The number of hydrogen-bond acceptors (Lipinski definition) is 8. The van der Waals surface area contributed by atoms with E-state index in [0.717, 1.165) is 30.8 Å². The summed E-state index contributed by atoms with van der Waals surface area (Å²) < 4.78 is 38.8. The molecule has 0 bridgehead atoms. The summed E-state index contributed by atoms with van der Waals surface area (Å²) in [5.74, 6) is 1.89. The Hall–Kier alpha value is -3.34. The molecule has 4 rings (SSSR count). The predicted molar refractivity (Wildman–Crippen MR) is 136 cm³/mol. The molecule has 3 heterocycles. The number of hydrogen-bond donors (Lipinski definition) is 2. The van der Waals surface area contributed by atoms with Crippen LogP contribution in [0.3, 0.4) is 0 Å². The summed E-state index contributed by atoms with van der Waals surface area (Å²) in [6, 6.07) is 8.42. The van der Waals surface area contributed by atoms with Crippen molar-refractivity contribution in [2.45, 2.75) is 38.9 Å². The number of piperazine rings is 1. The highest BCUT2D eigenvalue weighted by molar-refractivity contribution is 6.32. The number of unbranched alkanes of at least 4 members (excludes halogenated alkanes) is 1. The van der Waals surface area contributed by atoms with Crippen LogP contribution in [0.5, 0.6) is 0 Å². The molecular formula is C24H28ClF3N8. The first-order valence-electron chi connectivity index (χ1n) is 11.8. The van der Waals surface area contributed by atoms with Gasteiger partial charge in [0.25, 0.3) is 0 Å². The van der Waals surface area contributed by atoms with Gasteiger partial charge in [-0.15, -0.1) is 0 Å². The van der Waals surface area contributed by atoms with E-state index in [1.807, 2.05) is 6.07 Å². The Labute approximate surface area is 212 Å². The molecule has 3 aromatic rings. The Balaban J connectivity index is 1.55. The van der Waals surface area contributed by atoms with E-state index >= 15 is 0 Å². The minimum atomic E-state index is -4.40. The highest BCUT2D eigenvalue weighted by atomic mass is 35.5. The number of nitrogens with one attached hydrogen (secondary N) is 2. The van der Waals surface area contributed by atoms with Crippen LogP contribution in [0.1, 0.15) is 32.3 Å². The predicted octanol–water partition coefficient (Wildman–Crippen LogP) is 5.61. The molecular weight excluding hydrogens is 493 g/mol. The zero-order chi connectivity index (χ0) is 25.7. The van der Waals surface area contributed by atoms with E-state index in [2.05, 4.69) is 54.2 Å². The second-order valence-electron chi connectivity index (χ2n) is 8.56. The average Bonchev–Trinajstić information content (AvgIpc) is 2.84. The molecule has 192 valence electrons. The van der Waals surface area contributed by atoms with Crippen molar-refractivity contribution in [3.05, 3.63) is 53.2 Å². The van der Waals surface area contributed by atoms with Gasteiger partial charge in [-0.25, -0.2) is 4.98 Å². The monoisotopic (exact) mass is 520 g/mol. The third kappa shape index (κ3) is 6.26. The first kappa shape index (κ1) is 25.7. The van der Waals surface area contributed by atoms with Gasteiger partial charge in [-0.3, -0.25) is 0 Å². The molecule has 1 aromatic carbocycles. The first-order valence-corrected chi connectivity index (χ1v) is 12.2. The lowest BCUT2D eigenvalue weighted by atomic mass is 10.2. The summed E-state index contributed by atoms with van der Waals surface area (Å²) in [7, 11) is 0. The Kier molecular flexibility index (Phi) is 7.97. The van der Waals surface area contributed by atoms with Crippen LogP contribution in [0.4, 0.5) is 42.5 Å². The van der Waals surface area contributed by atoms with Gasteiger partial charge in [0.05, 0.1) is 10.6 Å². The Morgan fingerprint density at radius 2 is 1.81 bits per heavy atom. The first-order chi connectivity index (χ1) is 17.2. The molecule has 36 heavy (non-hydrogen) atoms. The number of halogens is 4. The molecule has 0 spiro atoms. The van der Waals surface area contributed by atoms with Crippen LogP contribution >= 0.6 is 11.6 Å². The van der Waals surface area contributed by atoms with Crippen LogP contribution in [0.25, 0.3) is 0 Å². The van der Waals surface area contributed by atoms with Gasteiger partial charge in [-0.05, 0) is 49.7 Å². The fourth-order valence-corrected chi connectivity index (χ4v) is 4.17. The third-order valence-electron chi connectivity index (χ3n) is 5.83. The van der Waals surface area contributed by atoms with Crippen molar-refractivity contribution in [2.75, 3.05) is 46.6 Å². The van der Waals surface area contributed by atoms with E-state index < -0.39 is 11.7 Å². The van der Waals surface area contributed by atoms with Crippen molar-refractivity contribution in [1.29, 1.82) is 0 Å². The van der Waals surface area contributed by atoms with Crippen molar-refractivity contribution >= 4 is 41.0 Å². The maximum atomic E-state index is 12.9. The van der Waals surface area contributed by atoms with Crippen molar-refractivity contribution in [2.24, 2.45) is 0 Å². The number of benzene rings is 1. The van der Waals surface area contributed by atoms with Crippen LogP contribution in [-0.4, -0.2) is 52.2 Å². The minimum Gasteiger partial charge on any atom is -0.354 e. The van der Waals surface area contributed by atoms with E-state index in [4.69, 9.17) is 11.6 Å². The average molecular weight is 521 g/mol. The van der Waals surface area contributed by atoms with Gasteiger partial charge in [0.2, 0.25) is 17.8 Å². The molecule has 1 unspecified atom stereocenters. The van der Waals surface area contributed by atoms with Crippen LogP contribution in [0, 0.1) is 0 Å². The summed E-state index contributed by atoms with van der Waals surface area (Å²) >= 11 is 6.34. The van der Waals surface area contributed by atoms with Crippen LogP contribution in [0.15, 0.2) is 42.6 Å². The zero-order valence-electron chi connectivity index (χ0n) is 20.1. The molecule has 0 amide bonds. The topological polar surface area (TPSA) is 82.1 Å². The number of aromatic nitrogens is 4. The maximum Gasteiger partial charge on any atom is 0.416 e. The van der Waals surface area contributed by atoms with Gasteiger partial charge in [0.1, 0.15) is 5.82 Å². The van der Waals surface area contributed by atoms with Crippen LogP contribution < -0.4 is 20.4 Å². The molecule has 1 atom stereocenters. The summed E-state index contributed by atoms with van der Waals surface area (Å²) in [6.45, 7) is 6.83. The van der Waals surface area contributed by atoms with E-state index in [9.17, 15) is 13.2 Å². The van der Waals surface area contributed by atoms with Crippen molar-refractivity contribution in [1.82, 2.24) is 19.9 Å². The largest absolute Gasteiger partial charge is 0.416 e. The number of alkyl halides is 3. The standard InChI is InChI=1S/C24H28ClF3N8/c1-3-4-11-30-21-32-22(31-18-9-7-17(8-10-18)24(26,27)28)34-23(33-21)36-14-13-35(15-16(36)2)20-19(25)6-5-12-29-20/h5-10,12,16H,3-4,11,13-15H2,1-2H3,(H2,30,31,32,33,34). The molecule has 2 N–H and O–H groups in total. The smallest absolute Gasteiger partial charge is 0.354 e. The number of anilines is 5. The highest BCUT2D eigenvalue weighted by Gasteiger charge is 2.30. The summed E-state index contributed by atoms with van der Waals surface area (Å²) in [6.07, 6.45) is -0.718. The normalized spacial score (nSPS) is 16.2. The number of rotatable bonds is 8. The fourth-order valence-electron chi connectivity index (χ4n) is 3.93. The molecule has 12 heteroatoms. The second-order valence-corrected chi connectivity index (χ2v) is 8.97. The molecule has 2 aromatic heterocycles. The zero-order valence-corrected chi connectivity index (χ0v) is 20.8. The quantitative estimate of drug-likeness (QED) is 0.371. The molecule has 8 nitrogen and oxygen atoms in total. The van der Waals surface area contributed by atoms with Crippen molar-refractivity contribution in [3.63, 3.8) is 0 Å². The van der Waals surface area contributed by atoms with Gasteiger partial charge >= 0.3 is 6.18 Å². The minimum absolute atomic E-state index is 0.0432. The van der Waals surface area contributed by atoms with Gasteiger partial charge in [-0.1, -0.05) is 24.9 Å². The molecule has 0 radical (unpaired) electrons. The Bertz CT molecular complexity index is 1160. The lowest BCUT2D eigenvalue weighted by Gasteiger charge is -2.40. The molecule has 1 saturated heterocycles. The second kappa shape index (κ2) is 11.2. The lowest BCUT2D eigenvalue weighted by Crippen LogP contribution is -2.53. The van der Waals surface area contributed by atoms with Crippen molar-refractivity contribution in [3.8, 4) is 0 Å². The van der Waals surface area contributed by atoms with Crippen LogP contribution in [0.2, 0.25) is 5.02 Å². The Morgan fingerprint density at radius 3 is 2.47 bits per heavy atom. The maximum absolute atomic E-state index is 12.9. The van der Waals surface area contributed by atoms with Gasteiger partial charge in [0, 0.05) is 44.1 Å². The highest BCUT2D eigenvalue weighted by Crippen LogP contribution is 2.31. The summed E-state index contributed by atoms with van der Waals surface area (Å²) in [5.41, 5.74) is -0.270. The van der Waals surface area contributed by atoms with E-state index in [1.54, 1.807) is 12.3 Å². The fraction of sp³-hybridized carbons (Fsp3) is 0.417. The molecule has 1 aliphatic heterocycles. The number of pyridine rings is 1. The van der Waals surface area contributed by atoms with Crippen molar-refractivity contribution < 1.29 is 13.2 Å². The summed E-state index contributed by atoms with van der Waals surface area (Å²) in [5, 5.41) is 6.84. The summed E-state index contributed by atoms with van der Waals surface area (Å²) in [4.78, 5) is 22.3. The molecule has 0 aliphatic carbocycles. The van der Waals surface area contributed by atoms with E-state index in [1.165, 1.54) is 12.1 Å². The van der Waals surface area contributed by atoms with Crippen LogP contribution in [-0.2, 0) is 6.18 Å². The number of nitrogens with zero attached hydrogens (tertiary/aromatic N) is 6. The SMILES string of the molecule is CCCCNc1nc(Nc2ccc(C(F)(F)F)cc2)nc(N2CCN(c3ncccc3Cl)CC2C)n1. The van der Waals surface area contributed by atoms with Gasteiger partial charge in [-0.2, -0.15) is 28.1 Å². The Morgan fingerprint density at radius 1 is 1.06 bits per heavy atom. The molecule has 0 saturated carbocycles.